The number of aromatic nitrogens is 2. The van der Waals surface area contributed by atoms with Crippen molar-refractivity contribution in [2.75, 3.05) is 32.1 Å². The van der Waals surface area contributed by atoms with Gasteiger partial charge in [0.15, 0.2) is 0 Å². The molecular formula is C14H24N4O. The largest absolute Gasteiger partial charge is 0.383 e. The van der Waals surface area contributed by atoms with Gasteiger partial charge in [-0.3, -0.25) is 4.90 Å². The highest BCUT2D eigenvalue weighted by Crippen LogP contribution is 2.30. The second kappa shape index (κ2) is 5.51. The minimum Gasteiger partial charge on any atom is -0.383 e. The van der Waals surface area contributed by atoms with Gasteiger partial charge in [0.2, 0.25) is 5.95 Å². The number of methoxy groups -OCH3 is 1. The monoisotopic (exact) mass is 264 g/mol. The van der Waals surface area contributed by atoms with E-state index in [9.17, 15) is 0 Å². The van der Waals surface area contributed by atoms with Crippen LogP contribution in [0.2, 0.25) is 0 Å². The first-order valence-electron chi connectivity index (χ1n) is 7.32. The van der Waals surface area contributed by atoms with Crippen LogP contribution in [0.3, 0.4) is 0 Å². The van der Waals surface area contributed by atoms with E-state index < -0.39 is 0 Å². The van der Waals surface area contributed by atoms with E-state index in [1.54, 1.807) is 7.11 Å². The number of fused-ring (bicyclic) bond motifs is 1. The number of hydrogen-bond acceptors (Lipinski definition) is 4. The lowest BCUT2D eigenvalue weighted by atomic mass is 10.1. The molecule has 2 fully saturated rings. The third-order valence-electron chi connectivity index (χ3n) is 4.47. The van der Waals surface area contributed by atoms with Gasteiger partial charge in [0.1, 0.15) is 0 Å². The van der Waals surface area contributed by atoms with Gasteiger partial charge in [0.05, 0.1) is 12.6 Å². The molecule has 0 amide bonds. The number of hydrogen-bond donors (Lipinski definition) is 1. The van der Waals surface area contributed by atoms with E-state index in [0.29, 0.717) is 24.7 Å². The summed E-state index contributed by atoms with van der Waals surface area (Å²) < 4.78 is 7.42. The van der Waals surface area contributed by atoms with Crippen molar-refractivity contribution in [1.29, 1.82) is 0 Å². The van der Waals surface area contributed by atoms with Gasteiger partial charge in [0, 0.05) is 38.1 Å². The second-order valence-electron chi connectivity index (χ2n) is 5.75. The number of ether oxygens (including phenoxy) is 1. The zero-order valence-electron chi connectivity index (χ0n) is 11.9. The Labute approximate surface area is 114 Å². The van der Waals surface area contributed by atoms with Crippen LogP contribution in [0.1, 0.15) is 32.2 Å². The number of nitrogens with one attached hydrogen (secondary N) is 1. The lowest BCUT2D eigenvalue weighted by Crippen LogP contribution is -2.34. The summed E-state index contributed by atoms with van der Waals surface area (Å²) in [6.07, 6.45) is 7.81. The summed E-state index contributed by atoms with van der Waals surface area (Å²) in [5.41, 5.74) is 0. The maximum absolute atomic E-state index is 5.24. The molecule has 0 aromatic carbocycles. The molecular weight excluding hydrogens is 240 g/mol. The molecule has 106 valence electrons. The Bertz CT molecular complexity index is 419. The maximum atomic E-state index is 5.24. The summed E-state index contributed by atoms with van der Waals surface area (Å²) in [6.45, 7) is 5.38. The Hall–Kier alpha value is -1.07. The minimum atomic E-state index is 0.316. The third kappa shape index (κ3) is 2.49. The van der Waals surface area contributed by atoms with E-state index in [1.807, 2.05) is 12.4 Å². The number of imidazole rings is 1. The Morgan fingerprint density at radius 2 is 2.37 bits per heavy atom. The minimum absolute atomic E-state index is 0.316. The lowest BCUT2D eigenvalue weighted by molar-refractivity contribution is 0.163. The molecule has 3 rings (SSSR count). The fourth-order valence-electron chi connectivity index (χ4n) is 3.52. The Morgan fingerprint density at radius 3 is 3.21 bits per heavy atom. The Balaban J connectivity index is 1.68. The van der Waals surface area contributed by atoms with Crippen LogP contribution in [0.15, 0.2) is 12.4 Å². The molecule has 2 aliphatic heterocycles. The van der Waals surface area contributed by atoms with Gasteiger partial charge in [-0.1, -0.05) is 0 Å². The van der Waals surface area contributed by atoms with Crippen molar-refractivity contribution < 1.29 is 4.74 Å². The average Bonchev–Trinajstić information content (AvgIpc) is 3.08. The molecule has 1 N–H and O–H groups in total. The van der Waals surface area contributed by atoms with Gasteiger partial charge >= 0.3 is 0 Å². The maximum Gasteiger partial charge on any atom is 0.203 e. The highest BCUT2D eigenvalue weighted by atomic mass is 16.5. The first kappa shape index (κ1) is 12.9. The summed E-state index contributed by atoms with van der Waals surface area (Å²) in [5, 5.41) is 3.65. The smallest absolute Gasteiger partial charge is 0.203 e. The van der Waals surface area contributed by atoms with Gasteiger partial charge < -0.3 is 14.6 Å². The van der Waals surface area contributed by atoms with Gasteiger partial charge in [0.25, 0.3) is 0 Å². The predicted molar refractivity (Wildman–Crippen MR) is 75.4 cm³/mol. The van der Waals surface area contributed by atoms with E-state index in [-0.39, 0.29) is 0 Å². The first-order chi connectivity index (χ1) is 9.29. The van der Waals surface area contributed by atoms with Gasteiger partial charge in [-0.2, -0.15) is 0 Å². The Kier molecular flexibility index (Phi) is 3.75. The van der Waals surface area contributed by atoms with Crippen LogP contribution in [0.4, 0.5) is 5.95 Å². The van der Waals surface area contributed by atoms with E-state index in [4.69, 9.17) is 4.74 Å². The normalized spacial score (nSPS) is 28.5. The van der Waals surface area contributed by atoms with Gasteiger partial charge in [-0.05, 0) is 32.7 Å². The molecule has 0 saturated carbocycles. The predicted octanol–water partition coefficient (Wildman–Crippen LogP) is 1.74. The molecule has 5 heteroatoms. The van der Waals surface area contributed by atoms with Crippen molar-refractivity contribution in [1.82, 2.24) is 14.5 Å². The topological polar surface area (TPSA) is 42.3 Å². The van der Waals surface area contributed by atoms with Crippen LogP contribution in [0, 0.1) is 0 Å². The van der Waals surface area contributed by atoms with Crippen molar-refractivity contribution >= 4 is 5.95 Å². The van der Waals surface area contributed by atoms with Crippen molar-refractivity contribution in [2.45, 2.75) is 44.3 Å². The van der Waals surface area contributed by atoms with Crippen molar-refractivity contribution in [2.24, 2.45) is 0 Å². The summed E-state index contributed by atoms with van der Waals surface area (Å²) in [5.74, 6) is 0.989. The summed E-state index contributed by atoms with van der Waals surface area (Å²) in [7, 11) is 1.74. The molecule has 3 heterocycles. The summed E-state index contributed by atoms with van der Waals surface area (Å²) in [4.78, 5) is 7.09. The molecule has 1 aromatic rings. The molecule has 3 unspecified atom stereocenters. The number of rotatable bonds is 5. The zero-order chi connectivity index (χ0) is 13.2. The molecule has 0 bridgehead atoms. The van der Waals surface area contributed by atoms with Crippen LogP contribution < -0.4 is 5.32 Å². The SMILES string of the molecule is COCC(C)n1ccnc1NC1CCN2CCCC12. The van der Waals surface area contributed by atoms with Crippen LogP contribution in [-0.4, -0.2) is 53.3 Å². The van der Waals surface area contributed by atoms with E-state index >= 15 is 0 Å². The highest BCUT2D eigenvalue weighted by Gasteiger charge is 2.37. The lowest BCUT2D eigenvalue weighted by Gasteiger charge is -2.23. The second-order valence-corrected chi connectivity index (χ2v) is 5.75. The first-order valence-corrected chi connectivity index (χ1v) is 7.32. The molecule has 19 heavy (non-hydrogen) atoms. The van der Waals surface area contributed by atoms with Crippen molar-refractivity contribution in [3.8, 4) is 0 Å². The van der Waals surface area contributed by atoms with Crippen molar-refractivity contribution in [3.05, 3.63) is 12.4 Å². The third-order valence-corrected chi connectivity index (χ3v) is 4.47. The quantitative estimate of drug-likeness (QED) is 0.879. The van der Waals surface area contributed by atoms with Crippen LogP contribution >= 0.6 is 0 Å². The number of nitrogens with zero attached hydrogens (tertiary/aromatic N) is 3. The van der Waals surface area contributed by atoms with Gasteiger partial charge in [-0.15, -0.1) is 0 Å². The fraction of sp³-hybridized carbons (Fsp3) is 0.786. The molecule has 5 nitrogen and oxygen atoms in total. The molecule has 3 atom stereocenters. The van der Waals surface area contributed by atoms with Gasteiger partial charge in [-0.25, -0.2) is 4.98 Å². The highest BCUT2D eigenvalue weighted by molar-refractivity contribution is 5.30. The molecule has 0 spiro atoms. The molecule has 1 aromatic heterocycles. The van der Waals surface area contributed by atoms with Crippen molar-refractivity contribution in [3.63, 3.8) is 0 Å². The molecule has 2 aliphatic rings. The molecule has 0 aliphatic carbocycles. The van der Waals surface area contributed by atoms with E-state index in [0.717, 1.165) is 5.95 Å². The van der Waals surface area contributed by atoms with Crippen LogP contribution in [0.25, 0.3) is 0 Å². The standard InChI is InChI=1S/C14H24N4O/c1-11(10-19-2)18-9-6-15-14(18)16-12-5-8-17-7-3-4-13(12)17/h6,9,11-13H,3-5,7-8,10H2,1-2H3,(H,15,16). The Morgan fingerprint density at radius 1 is 1.47 bits per heavy atom. The van der Waals surface area contributed by atoms with E-state index in [2.05, 4.69) is 26.7 Å². The zero-order valence-corrected chi connectivity index (χ0v) is 11.9. The fourth-order valence-corrected chi connectivity index (χ4v) is 3.52. The summed E-state index contributed by atoms with van der Waals surface area (Å²) >= 11 is 0. The number of anilines is 1. The summed E-state index contributed by atoms with van der Waals surface area (Å²) in [6, 6.07) is 1.58. The average molecular weight is 264 g/mol. The van der Waals surface area contributed by atoms with E-state index in [1.165, 1.54) is 32.4 Å². The van der Waals surface area contributed by atoms with Crippen LogP contribution in [0.5, 0.6) is 0 Å². The molecule has 0 radical (unpaired) electrons. The molecule has 2 saturated heterocycles. The van der Waals surface area contributed by atoms with Crippen LogP contribution in [-0.2, 0) is 4.74 Å².